The quantitative estimate of drug-likeness (QED) is 0.838. The molecular formula is C19H25NO4S. The van der Waals surface area contributed by atoms with Crippen LogP contribution in [0, 0.1) is 19.8 Å². The summed E-state index contributed by atoms with van der Waals surface area (Å²) in [6, 6.07) is 4.08. The van der Waals surface area contributed by atoms with Crippen molar-refractivity contribution in [2.75, 3.05) is 25.1 Å². The number of hydrogen-bond acceptors (Lipinski definition) is 4. The Bertz CT molecular complexity index is 898. The zero-order chi connectivity index (χ0) is 18.2. The molecule has 0 unspecified atom stereocenters. The first kappa shape index (κ1) is 18.0. The lowest BCUT2D eigenvalue weighted by molar-refractivity contribution is -0.132. The molecule has 136 valence electrons. The molecule has 0 radical (unpaired) electrons. The molecule has 1 aliphatic rings. The van der Waals surface area contributed by atoms with Crippen molar-refractivity contribution in [2.24, 2.45) is 5.92 Å². The second-order valence-corrected chi connectivity index (χ2v) is 9.52. The van der Waals surface area contributed by atoms with Gasteiger partial charge in [-0.1, -0.05) is 6.07 Å². The SMILES string of the molecule is Cc1cc(C)c2c(CC(=O)N3CCC[C@H](CS(C)(=O)=O)C3)coc2c1. The van der Waals surface area contributed by atoms with Gasteiger partial charge in [0.2, 0.25) is 5.91 Å². The van der Waals surface area contributed by atoms with Crippen LogP contribution in [0.2, 0.25) is 0 Å². The summed E-state index contributed by atoms with van der Waals surface area (Å²) < 4.78 is 28.7. The summed E-state index contributed by atoms with van der Waals surface area (Å²) in [5, 5.41) is 1.02. The number of piperidine rings is 1. The minimum Gasteiger partial charge on any atom is -0.464 e. The Balaban J connectivity index is 1.74. The Hall–Kier alpha value is -1.82. The van der Waals surface area contributed by atoms with Crippen molar-refractivity contribution in [1.82, 2.24) is 4.90 Å². The minimum atomic E-state index is -3.01. The van der Waals surface area contributed by atoms with Gasteiger partial charge in [-0.15, -0.1) is 0 Å². The summed E-state index contributed by atoms with van der Waals surface area (Å²) in [7, 11) is -3.01. The second-order valence-electron chi connectivity index (χ2n) is 7.33. The molecule has 0 saturated carbocycles. The monoisotopic (exact) mass is 363 g/mol. The smallest absolute Gasteiger partial charge is 0.227 e. The van der Waals surface area contributed by atoms with E-state index in [1.54, 1.807) is 6.26 Å². The first-order valence-electron chi connectivity index (χ1n) is 8.66. The molecule has 1 atom stereocenters. The number of furan rings is 1. The zero-order valence-electron chi connectivity index (χ0n) is 15.0. The van der Waals surface area contributed by atoms with Crippen LogP contribution in [0.15, 0.2) is 22.8 Å². The summed E-state index contributed by atoms with van der Waals surface area (Å²) in [4.78, 5) is 14.5. The molecule has 0 N–H and O–H groups in total. The molecule has 1 aromatic carbocycles. The molecule has 1 amide bonds. The number of benzene rings is 1. The molecule has 2 aromatic rings. The summed E-state index contributed by atoms with van der Waals surface area (Å²) in [6.07, 6.45) is 4.95. The van der Waals surface area contributed by atoms with Gasteiger partial charge in [0.15, 0.2) is 0 Å². The molecule has 3 rings (SSSR count). The fraction of sp³-hybridized carbons (Fsp3) is 0.526. The van der Waals surface area contributed by atoms with Gasteiger partial charge in [-0.3, -0.25) is 4.79 Å². The molecule has 1 saturated heterocycles. The van der Waals surface area contributed by atoms with Crippen molar-refractivity contribution in [3.8, 4) is 0 Å². The number of carbonyl (C=O) groups excluding carboxylic acids is 1. The van der Waals surface area contributed by atoms with Gasteiger partial charge in [0.25, 0.3) is 0 Å². The van der Waals surface area contributed by atoms with Crippen LogP contribution in [0.25, 0.3) is 11.0 Å². The molecule has 25 heavy (non-hydrogen) atoms. The van der Waals surface area contributed by atoms with Gasteiger partial charge in [0.05, 0.1) is 18.4 Å². The maximum atomic E-state index is 12.7. The van der Waals surface area contributed by atoms with E-state index < -0.39 is 9.84 Å². The molecule has 2 heterocycles. The number of nitrogens with zero attached hydrogens (tertiary/aromatic N) is 1. The van der Waals surface area contributed by atoms with Crippen LogP contribution in [0.4, 0.5) is 0 Å². The lowest BCUT2D eigenvalue weighted by Crippen LogP contribution is -2.42. The third kappa shape index (κ3) is 4.24. The largest absolute Gasteiger partial charge is 0.464 e. The van der Waals surface area contributed by atoms with Gasteiger partial charge in [0.1, 0.15) is 15.4 Å². The van der Waals surface area contributed by atoms with Crippen LogP contribution in [0.3, 0.4) is 0 Å². The van der Waals surface area contributed by atoms with E-state index in [9.17, 15) is 13.2 Å². The van der Waals surface area contributed by atoms with Crippen molar-refractivity contribution in [3.05, 3.63) is 35.1 Å². The standard InChI is InChI=1S/C19H25NO4S/c1-13-7-14(2)19-16(11-24-17(19)8-13)9-18(21)20-6-4-5-15(10-20)12-25(3,22)23/h7-8,11,15H,4-6,9-10,12H2,1-3H3/t15-/m0/s1. The van der Waals surface area contributed by atoms with Gasteiger partial charge >= 0.3 is 0 Å². The molecule has 5 nitrogen and oxygen atoms in total. The molecule has 0 bridgehead atoms. The number of carbonyl (C=O) groups is 1. The van der Waals surface area contributed by atoms with Crippen LogP contribution in [0.5, 0.6) is 0 Å². The van der Waals surface area contributed by atoms with Crippen molar-refractivity contribution < 1.29 is 17.6 Å². The predicted octanol–water partition coefficient (Wildman–Crippen LogP) is 2.88. The van der Waals surface area contributed by atoms with Crippen LogP contribution < -0.4 is 0 Å². The lowest BCUT2D eigenvalue weighted by Gasteiger charge is -2.32. The Morgan fingerprint density at radius 1 is 1.32 bits per heavy atom. The highest BCUT2D eigenvalue weighted by atomic mass is 32.2. The first-order valence-corrected chi connectivity index (χ1v) is 10.7. The van der Waals surface area contributed by atoms with Gasteiger partial charge in [-0.05, 0) is 49.8 Å². The highest BCUT2D eigenvalue weighted by Crippen LogP contribution is 2.27. The highest BCUT2D eigenvalue weighted by molar-refractivity contribution is 7.90. The molecule has 6 heteroatoms. The van der Waals surface area contributed by atoms with Crippen molar-refractivity contribution in [3.63, 3.8) is 0 Å². The van der Waals surface area contributed by atoms with E-state index in [0.717, 1.165) is 40.5 Å². The summed E-state index contributed by atoms with van der Waals surface area (Å²) >= 11 is 0. The third-order valence-electron chi connectivity index (χ3n) is 4.84. The number of hydrogen-bond donors (Lipinski definition) is 0. The van der Waals surface area contributed by atoms with Gasteiger partial charge < -0.3 is 9.32 Å². The van der Waals surface area contributed by atoms with E-state index in [1.807, 2.05) is 24.8 Å². The molecule has 0 spiro atoms. The topological polar surface area (TPSA) is 67.6 Å². The number of aryl methyl sites for hydroxylation is 2. The van der Waals surface area contributed by atoms with Gasteiger partial charge in [-0.25, -0.2) is 8.42 Å². The van der Waals surface area contributed by atoms with Crippen molar-refractivity contribution in [1.29, 1.82) is 0 Å². The Morgan fingerprint density at radius 2 is 2.08 bits per heavy atom. The fourth-order valence-corrected chi connectivity index (χ4v) is 5.02. The van der Waals surface area contributed by atoms with Gasteiger partial charge in [0, 0.05) is 30.3 Å². The van der Waals surface area contributed by atoms with E-state index in [0.29, 0.717) is 19.5 Å². The van der Waals surface area contributed by atoms with Crippen LogP contribution in [-0.2, 0) is 21.1 Å². The average Bonchev–Trinajstić information content (AvgIpc) is 2.88. The maximum absolute atomic E-state index is 12.7. The van der Waals surface area contributed by atoms with Crippen LogP contribution in [0.1, 0.15) is 29.5 Å². The third-order valence-corrected chi connectivity index (χ3v) is 5.92. The second kappa shape index (κ2) is 6.83. The van der Waals surface area contributed by atoms with Crippen molar-refractivity contribution in [2.45, 2.75) is 33.1 Å². The normalized spacial score (nSPS) is 18.7. The van der Waals surface area contributed by atoms with E-state index in [2.05, 4.69) is 6.07 Å². The lowest BCUT2D eigenvalue weighted by atomic mass is 9.98. The Labute approximate surface area is 148 Å². The van der Waals surface area contributed by atoms with E-state index in [1.165, 1.54) is 6.26 Å². The average molecular weight is 363 g/mol. The molecule has 1 fully saturated rings. The summed E-state index contributed by atoms with van der Waals surface area (Å²) in [6.45, 7) is 5.28. The first-order chi connectivity index (χ1) is 11.7. The highest BCUT2D eigenvalue weighted by Gasteiger charge is 2.26. The number of sulfone groups is 1. The molecule has 1 aliphatic heterocycles. The number of likely N-dealkylation sites (tertiary alicyclic amines) is 1. The van der Waals surface area contributed by atoms with E-state index >= 15 is 0 Å². The number of fused-ring (bicyclic) bond motifs is 1. The maximum Gasteiger partial charge on any atom is 0.227 e. The molecular weight excluding hydrogens is 338 g/mol. The van der Waals surface area contributed by atoms with E-state index in [4.69, 9.17) is 4.42 Å². The van der Waals surface area contributed by atoms with Crippen LogP contribution in [-0.4, -0.2) is 44.3 Å². The molecule has 0 aliphatic carbocycles. The van der Waals surface area contributed by atoms with E-state index in [-0.39, 0.29) is 17.6 Å². The van der Waals surface area contributed by atoms with Crippen molar-refractivity contribution >= 4 is 26.7 Å². The number of rotatable bonds is 4. The van der Waals surface area contributed by atoms with Gasteiger partial charge in [-0.2, -0.15) is 0 Å². The predicted molar refractivity (Wildman–Crippen MR) is 98.4 cm³/mol. The zero-order valence-corrected chi connectivity index (χ0v) is 15.9. The minimum absolute atomic E-state index is 0.0400. The molecule has 1 aromatic heterocycles. The Kier molecular flexibility index (Phi) is 4.91. The number of amides is 1. The Morgan fingerprint density at radius 3 is 2.80 bits per heavy atom. The summed E-state index contributed by atoms with van der Waals surface area (Å²) in [5.74, 6) is 0.239. The summed E-state index contributed by atoms with van der Waals surface area (Å²) in [5.41, 5.74) is 3.97. The van der Waals surface area contributed by atoms with Crippen LogP contribution >= 0.6 is 0 Å². The fourth-order valence-electron chi connectivity index (χ4n) is 3.89.